The quantitative estimate of drug-likeness (QED) is 0.205. The van der Waals surface area contributed by atoms with E-state index in [1.807, 2.05) is 54.6 Å². The molecule has 0 bridgehead atoms. The largest absolute Gasteiger partial charge is 0.489 e. The molecule has 6 rings (SSSR count). The molecule has 0 spiro atoms. The van der Waals surface area contributed by atoms with Gasteiger partial charge in [0.15, 0.2) is 5.69 Å². The van der Waals surface area contributed by atoms with Gasteiger partial charge in [-0.2, -0.15) is 5.10 Å². The van der Waals surface area contributed by atoms with Crippen molar-refractivity contribution in [1.82, 2.24) is 14.8 Å². The Labute approximate surface area is 247 Å². The van der Waals surface area contributed by atoms with E-state index in [4.69, 9.17) is 15.0 Å². The summed E-state index contributed by atoms with van der Waals surface area (Å²) < 4.78 is 31.5. The zero-order chi connectivity index (χ0) is 29.3. The van der Waals surface area contributed by atoms with Crippen LogP contribution in [0.3, 0.4) is 0 Å². The third-order valence-corrected chi connectivity index (χ3v) is 8.87. The van der Waals surface area contributed by atoms with Crippen LogP contribution in [0.4, 0.5) is 0 Å². The topological polar surface area (TPSA) is 137 Å². The molecule has 5 aromatic rings. The second kappa shape index (κ2) is 11.5. The fourth-order valence-corrected chi connectivity index (χ4v) is 6.08. The second-order valence-corrected chi connectivity index (χ2v) is 12.7. The number of carboxylic acids is 1. The molecule has 2 aromatic heterocycles. The first-order valence-corrected chi connectivity index (χ1v) is 15.9. The molecule has 0 radical (unpaired) electrons. The predicted molar refractivity (Wildman–Crippen MR) is 159 cm³/mol. The summed E-state index contributed by atoms with van der Waals surface area (Å²) >= 11 is 1.22. The van der Waals surface area contributed by atoms with E-state index in [2.05, 4.69) is 4.98 Å². The third-order valence-electron chi connectivity index (χ3n) is 7.13. The zero-order valence-electron chi connectivity index (χ0n) is 22.5. The number of aromatic carboxylic acids is 1. The van der Waals surface area contributed by atoms with Gasteiger partial charge in [-0.3, -0.25) is 0 Å². The van der Waals surface area contributed by atoms with Crippen LogP contribution in [-0.4, -0.2) is 34.3 Å². The van der Waals surface area contributed by atoms with Crippen molar-refractivity contribution >= 4 is 27.3 Å². The van der Waals surface area contributed by atoms with Crippen molar-refractivity contribution in [3.8, 4) is 22.1 Å². The summed E-state index contributed by atoms with van der Waals surface area (Å²) in [6.45, 7) is 0.411. The number of ether oxygens (including phenoxy) is 1. The summed E-state index contributed by atoms with van der Waals surface area (Å²) in [6.07, 6.45) is 3.53. The molecule has 0 aliphatic heterocycles. The van der Waals surface area contributed by atoms with Crippen LogP contribution < -0.4 is 9.88 Å². The van der Waals surface area contributed by atoms with Gasteiger partial charge in [-0.15, -0.1) is 11.3 Å². The Hall–Kier alpha value is -4.32. The highest BCUT2D eigenvalue weighted by Gasteiger charge is 2.29. The minimum atomic E-state index is -3.81. The standard InChI is InChI=1S/C31H28N4O5S2/c32-42(38,39)25-13-11-20(12-14-25)15-26-27(16-21-9-10-21)34-35(31-33-28(19-41-31)30(36)37)29(26)23-7-4-8-24(17-23)40-18-22-5-2-1-3-6-22/h1-8,11-14,17,19,21H,9-10,15-16,18H2,(H,36,37)(H2,32,38,39). The van der Waals surface area contributed by atoms with E-state index >= 15 is 0 Å². The lowest BCUT2D eigenvalue weighted by Crippen LogP contribution is -2.11. The van der Waals surface area contributed by atoms with E-state index in [-0.39, 0.29) is 10.6 Å². The number of nitrogens with zero attached hydrogens (tertiary/aromatic N) is 3. The summed E-state index contributed by atoms with van der Waals surface area (Å²) in [6, 6.07) is 24.2. The van der Waals surface area contributed by atoms with Gasteiger partial charge < -0.3 is 9.84 Å². The van der Waals surface area contributed by atoms with Crippen LogP contribution >= 0.6 is 11.3 Å². The van der Waals surface area contributed by atoms with Crippen molar-refractivity contribution in [1.29, 1.82) is 0 Å². The molecule has 0 atom stereocenters. The first-order valence-electron chi connectivity index (χ1n) is 13.4. The number of hydrogen-bond acceptors (Lipinski definition) is 7. The highest BCUT2D eigenvalue weighted by Crippen LogP contribution is 2.38. The first-order chi connectivity index (χ1) is 20.2. The Morgan fingerprint density at radius 3 is 2.45 bits per heavy atom. The van der Waals surface area contributed by atoms with Crippen LogP contribution in [-0.2, 0) is 29.5 Å². The Morgan fingerprint density at radius 1 is 1.02 bits per heavy atom. The summed E-state index contributed by atoms with van der Waals surface area (Å²) in [4.78, 5) is 16.1. The Morgan fingerprint density at radius 2 is 1.79 bits per heavy atom. The molecule has 9 nitrogen and oxygen atoms in total. The fraction of sp³-hybridized carbons (Fsp3) is 0.194. The molecule has 11 heteroatoms. The zero-order valence-corrected chi connectivity index (χ0v) is 24.1. The van der Waals surface area contributed by atoms with Crippen molar-refractivity contribution in [3.63, 3.8) is 0 Å². The first kappa shape index (κ1) is 27.8. The maximum absolute atomic E-state index is 11.8. The minimum absolute atomic E-state index is 0.0414. The molecule has 214 valence electrons. The molecule has 3 aromatic carbocycles. The summed E-state index contributed by atoms with van der Waals surface area (Å²) in [5, 5.41) is 21.8. The minimum Gasteiger partial charge on any atom is -0.489 e. The van der Waals surface area contributed by atoms with Gasteiger partial charge in [0.25, 0.3) is 0 Å². The van der Waals surface area contributed by atoms with Crippen molar-refractivity contribution < 1.29 is 23.1 Å². The van der Waals surface area contributed by atoms with Crippen LogP contribution in [0.2, 0.25) is 0 Å². The van der Waals surface area contributed by atoms with E-state index < -0.39 is 16.0 Å². The molecule has 42 heavy (non-hydrogen) atoms. The molecular weight excluding hydrogens is 572 g/mol. The lowest BCUT2D eigenvalue weighted by molar-refractivity contribution is 0.0691. The van der Waals surface area contributed by atoms with Gasteiger partial charge in [0.2, 0.25) is 15.2 Å². The maximum Gasteiger partial charge on any atom is 0.355 e. The van der Waals surface area contributed by atoms with Gasteiger partial charge in [0.1, 0.15) is 12.4 Å². The van der Waals surface area contributed by atoms with E-state index in [0.717, 1.165) is 52.9 Å². The molecule has 1 aliphatic rings. The second-order valence-electron chi connectivity index (χ2n) is 10.3. The third kappa shape index (κ3) is 6.28. The maximum atomic E-state index is 11.8. The van der Waals surface area contributed by atoms with E-state index in [0.29, 0.717) is 29.8 Å². The van der Waals surface area contributed by atoms with Crippen LogP contribution in [0.25, 0.3) is 16.4 Å². The summed E-state index contributed by atoms with van der Waals surface area (Å²) in [5.74, 6) is 0.119. The fourth-order valence-electron chi connectivity index (χ4n) is 4.81. The smallest absolute Gasteiger partial charge is 0.355 e. The molecule has 0 amide bonds. The molecule has 1 aliphatic carbocycles. The van der Waals surface area contributed by atoms with Crippen molar-refractivity contribution in [2.24, 2.45) is 11.1 Å². The number of aromatic nitrogens is 3. The summed E-state index contributed by atoms with van der Waals surface area (Å²) in [5.41, 5.74) is 5.41. The Bertz CT molecular complexity index is 1840. The highest BCUT2D eigenvalue weighted by molar-refractivity contribution is 7.89. The molecular formula is C31H28N4O5S2. The SMILES string of the molecule is NS(=O)(=O)c1ccc(Cc2c(CC3CC3)nn(-c3nc(C(=O)O)cs3)c2-c2cccc(OCc3ccccc3)c2)cc1. The molecule has 0 saturated heterocycles. The van der Waals surface area contributed by atoms with E-state index in [1.54, 1.807) is 16.8 Å². The number of hydrogen-bond donors (Lipinski definition) is 2. The van der Waals surface area contributed by atoms with Crippen LogP contribution in [0, 0.1) is 5.92 Å². The Balaban J connectivity index is 1.45. The summed E-state index contributed by atoms with van der Waals surface area (Å²) in [7, 11) is -3.81. The van der Waals surface area contributed by atoms with Gasteiger partial charge in [-0.1, -0.05) is 54.6 Å². The van der Waals surface area contributed by atoms with Crippen LogP contribution in [0.1, 0.15) is 45.7 Å². The number of nitrogens with two attached hydrogens (primary N) is 1. The average Bonchev–Trinajstić information content (AvgIpc) is 3.53. The lowest BCUT2D eigenvalue weighted by atomic mass is 9.97. The number of sulfonamides is 1. The number of rotatable bonds is 11. The number of carboxylic acid groups (broad SMARTS) is 1. The van der Waals surface area contributed by atoms with Gasteiger partial charge in [-0.25, -0.2) is 28.0 Å². The van der Waals surface area contributed by atoms with Crippen LogP contribution in [0.15, 0.2) is 89.1 Å². The number of primary sulfonamides is 1. The lowest BCUT2D eigenvalue weighted by Gasteiger charge is -2.12. The number of benzene rings is 3. The number of carbonyl (C=O) groups is 1. The van der Waals surface area contributed by atoms with Crippen LogP contribution in [0.5, 0.6) is 5.75 Å². The Kier molecular flexibility index (Phi) is 7.63. The van der Waals surface area contributed by atoms with E-state index in [9.17, 15) is 18.3 Å². The molecule has 0 unspecified atom stereocenters. The van der Waals surface area contributed by atoms with E-state index in [1.165, 1.54) is 28.8 Å². The predicted octanol–water partition coefficient (Wildman–Crippen LogP) is 5.46. The average molecular weight is 601 g/mol. The molecule has 2 heterocycles. The van der Waals surface area contributed by atoms with Crippen molar-refractivity contribution in [2.45, 2.75) is 37.2 Å². The van der Waals surface area contributed by atoms with Crippen molar-refractivity contribution in [3.05, 3.63) is 112 Å². The highest BCUT2D eigenvalue weighted by atomic mass is 32.2. The van der Waals surface area contributed by atoms with Gasteiger partial charge in [0.05, 0.1) is 16.3 Å². The van der Waals surface area contributed by atoms with Gasteiger partial charge >= 0.3 is 5.97 Å². The van der Waals surface area contributed by atoms with Gasteiger partial charge in [-0.05, 0) is 60.6 Å². The van der Waals surface area contributed by atoms with Crippen molar-refractivity contribution in [2.75, 3.05) is 0 Å². The monoisotopic (exact) mass is 600 g/mol. The molecule has 1 fully saturated rings. The molecule has 1 saturated carbocycles. The normalized spacial score (nSPS) is 13.3. The van der Waals surface area contributed by atoms with Gasteiger partial charge in [0, 0.05) is 22.9 Å². The number of thiazole rings is 1. The molecule has 3 N–H and O–H groups in total.